The fourth-order valence-corrected chi connectivity index (χ4v) is 2.25. The third-order valence-electron chi connectivity index (χ3n) is 2.98. The molecule has 2 rings (SSSR count). The molecule has 18 heavy (non-hydrogen) atoms. The van der Waals surface area contributed by atoms with Gasteiger partial charge in [0, 0.05) is 16.1 Å². The number of halogens is 2. The van der Waals surface area contributed by atoms with Crippen molar-refractivity contribution in [2.24, 2.45) is 0 Å². The first-order valence-electron chi connectivity index (χ1n) is 5.87. The Morgan fingerprint density at radius 1 is 1.11 bits per heavy atom. The highest BCUT2D eigenvalue weighted by atomic mass is 79.9. The van der Waals surface area contributed by atoms with E-state index in [1.165, 1.54) is 11.6 Å². The quantitative estimate of drug-likeness (QED) is 0.897. The summed E-state index contributed by atoms with van der Waals surface area (Å²) in [6.45, 7) is 0. The molecule has 0 aromatic heterocycles. The Hall–Kier alpha value is -1.19. The van der Waals surface area contributed by atoms with Gasteiger partial charge in [-0.2, -0.15) is 0 Å². The van der Waals surface area contributed by atoms with Crippen LogP contribution < -0.4 is 5.32 Å². The lowest BCUT2D eigenvalue weighted by Gasteiger charge is -2.17. The number of hydrogen-bond acceptors (Lipinski definition) is 1. The highest BCUT2D eigenvalue weighted by Gasteiger charge is 2.13. The van der Waals surface area contributed by atoms with Crippen molar-refractivity contribution in [1.82, 2.24) is 5.32 Å². The van der Waals surface area contributed by atoms with E-state index in [0.717, 1.165) is 10.9 Å². The summed E-state index contributed by atoms with van der Waals surface area (Å²) in [7, 11) is 1.86. The molecule has 0 heterocycles. The standard InChI is InChI=1S/C15H15BrFN/c1-18-15(13-4-2-3-5-14(13)17)10-11-6-8-12(16)9-7-11/h2-9,15,18H,10H2,1H3. The average Bonchev–Trinajstić information content (AvgIpc) is 2.39. The van der Waals surface area contributed by atoms with Gasteiger partial charge < -0.3 is 5.32 Å². The second kappa shape index (κ2) is 6.12. The summed E-state index contributed by atoms with van der Waals surface area (Å²) in [5.41, 5.74) is 1.89. The molecule has 0 bridgehead atoms. The first-order chi connectivity index (χ1) is 8.70. The molecule has 1 unspecified atom stereocenters. The molecule has 1 atom stereocenters. The lowest BCUT2D eigenvalue weighted by Crippen LogP contribution is -2.20. The van der Waals surface area contributed by atoms with Crippen molar-refractivity contribution < 1.29 is 4.39 Å². The predicted octanol–water partition coefficient (Wildman–Crippen LogP) is 4.09. The van der Waals surface area contributed by atoms with Crippen LogP contribution in [0.25, 0.3) is 0 Å². The zero-order valence-electron chi connectivity index (χ0n) is 10.2. The molecule has 0 aliphatic rings. The van der Waals surface area contributed by atoms with E-state index >= 15 is 0 Å². The molecule has 0 aliphatic heterocycles. The van der Waals surface area contributed by atoms with E-state index in [9.17, 15) is 4.39 Å². The van der Waals surface area contributed by atoms with Crippen molar-refractivity contribution in [1.29, 1.82) is 0 Å². The monoisotopic (exact) mass is 307 g/mol. The van der Waals surface area contributed by atoms with Gasteiger partial charge in [0.15, 0.2) is 0 Å². The summed E-state index contributed by atoms with van der Waals surface area (Å²) < 4.78 is 14.8. The maximum Gasteiger partial charge on any atom is 0.127 e. The average molecular weight is 308 g/mol. The smallest absolute Gasteiger partial charge is 0.127 e. The maximum absolute atomic E-state index is 13.7. The van der Waals surface area contributed by atoms with Crippen LogP contribution in [-0.2, 0) is 6.42 Å². The molecule has 0 amide bonds. The van der Waals surface area contributed by atoms with Crippen LogP contribution in [0, 0.1) is 5.82 Å². The molecule has 0 radical (unpaired) electrons. The summed E-state index contributed by atoms with van der Waals surface area (Å²) in [6, 6.07) is 15.0. The highest BCUT2D eigenvalue weighted by molar-refractivity contribution is 9.10. The second-order valence-corrected chi connectivity index (χ2v) is 5.11. The third-order valence-corrected chi connectivity index (χ3v) is 3.51. The van der Waals surface area contributed by atoms with Gasteiger partial charge in [0.2, 0.25) is 0 Å². The first kappa shape index (κ1) is 13.2. The van der Waals surface area contributed by atoms with Crippen LogP contribution in [-0.4, -0.2) is 7.05 Å². The van der Waals surface area contributed by atoms with Crippen molar-refractivity contribution in [3.8, 4) is 0 Å². The minimum atomic E-state index is -0.158. The Morgan fingerprint density at radius 2 is 1.78 bits per heavy atom. The second-order valence-electron chi connectivity index (χ2n) is 4.19. The van der Waals surface area contributed by atoms with Gasteiger partial charge in [0.1, 0.15) is 5.82 Å². The number of likely N-dealkylation sites (N-methyl/N-ethyl adjacent to an activating group) is 1. The SMILES string of the molecule is CNC(Cc1ccc(Br)cc1)c1ccccc1F. The van der Waals surface area contributed by atoms with Gasteiger partial charge in [-0.05, 0) is 37.2 Å². The maximum atomic E-state index is 13.7. The summed E-state index contributed by atoms with van der Waals surface area (Å²) in [6.07, 6.45) is 0.769. The van der Waals surface area contributed by atoms with Crippen molar-refractivity contribution in [3.05, 3.63) is 69.9 Å². The van der Waals surface area contributed by atoms with Gasteiger partial charge in [-0.1, -0.05) is 46.3 Å². The third kappa shape index (κ3) is 3.18. The Morgan fingerprint density at radius 3 is 2.39 bits per heavy atom. The number of hydrogen-bond donors (Lipinski definition) is 1. The number of benzene rings is 2. The highest BCUT2D eigenvalue weighted by Crippen LogP contribution is 2.21. The summed E-state index contributed by atoms with van der Waals surface area (Å²) in [4.78, 5) is 0. The van der Waals surface area contributed by atoms with Gasteiger partial charge in [-0.25, -0.2) is 4.39 Å². The molecular weight excluding hydrogens is 293 g/mol. The number of nitrogens with one attached hydrogen (secondary N) is 1. The van der Waals surface area contributed by atoms with Crippen LogP contribution in [0.4, 0.5) is 4.39 Å². The van der Waals surface area contributed by atoms with Gasteiger partial charge >= 0.3 is 0 Å². The first-order valence-corrected chi connectivity index (χ1v) is 6.66. The van der Waals surface area contributed by atoms with Crippen LogP contribution in [0.5, 0.6) is 0 Å². The molecule has 0 saturated carbocycles. The molecular formula is C15H15BrFN. The van der Waals surface area contributed by atoms with Crippen LogP contribution in [0.3, 0.4) is 0 Å². The molecule has 0 aliphatic carbocycles. The van der Waals surface area contributed by atoms with Crippen LogP contribution >= 0.6 is 15.9 Å². The molecule has 94 valence electrons. The minimum Gasteiger partial charge on any atom is -0.313 e. The fraction of sp³-hybridized carbons (Fsp3) is 0.200. The van der Waals surface area contributed by atoms with E-state index in [-0.39, 0.29) is 11.9 Å². The molecule has 0 saturated heterocycles. The topological polar surface area (TPSA) is 12.0 Å². The summed E-state index contributed by atoms with van der Waals surface area (Å²) in [5, 5.41) is 3.17. The molecule has 1 N–H and O–H groups in total. The largest absolute Gasteiger partial charge is 0.313 e. The van der Waals surface area contributed by atoms with Crippen molar-refractivity contribution in [2.75, 3.05) is 7.05 Å². The lowest BCUT2D eigenvalue weighted by atomic mass is 9.98. The predicted molar refractivity (Wildman–Crippen MR) is 76.0 cm³/mol. The zero-order chi connectivity index (χ0) is 13.0. The summed E-state index contributed by atoms with van der Waals surface area (Å²) >= 11 is 3.41. The normalized spacial score (nSPS) is 12.4. The molecule has 2 aromatic carbocycles. The van der Waals surface area contributed by atoms with E-state index in [1.54, 1.807) is 6.07 Å². The Kier molecular flexibility index (Phi) is 4.50. The minimum absolute atomic E-state index is 0.00706. The zero-order valence-corrected chi connectivity index (χ0v) is 11.7. The Balaban J connectivity index is 2.20. The fourth-order valence-electron chi connectivity index (χ4n) is 1.98. The van der Waals surface area contributed by atoms with Crippen LogP contribution in [0.15, 0.2) is 53.0 Å². The van der Waals surface area contributed by atoms with Gasteiger partial charge in [-0.15, -0.1) is 0 Å². The molecule has 0 spiro atoms. The lowest BCUT2D eigenvalue weighted by molar-refractivity contribution is 0.534. The van der Waals surface area contributed by atoms with E-state index < -0.39 is 0 Å². The van der Waals surface area contributed by atoms with Gasteiger partial charge in [0.25, 0.3) is 0 Å². The van der Waals surface area contributed by atoms with Crippen LogP contribution in [0.1, 0.15) is 17.2 Å². The van der Waals surface area contributed by atoms with E-state index in [2.05, 4.69) is 33.4 Å². The van der Waals surface area contributed by atoms with Gasteiger partial charge in [-0.3, -0.25) is 0 Å². The van der Waals surface area contributed by atoms with Crippen molar-refractivity contribution >= 4 is 15.9 Å². The van der Waals surface area contributed by atoms with Crippen molar-refractivity contribution in [3.63, 3.8) is 0 Å². The van der Waals surface area contributed by atoms with Crippen LogP contribution in [0.2, 0.25) is 0 Å². The molecule has 2 aromatic rings. The Labute approximate surface area is 115 Å². The number of rotatable bonds is 4. The molecule has 1 nitrogen and oxygen atoms in total. The van der Waals surface area contributed by atoms with Gasteiger partial charge in [0.05, 0.1) is 0 Å². The molecule has 3 heteroatoms. The summed E-state index contributed by atoms with van der Waals surface area (Å²) in [5.74, 6) is -0.158. The Bertz CT molecular complexity index is 510. The van der Waals surface area contributed by atoms with E-state index in [0.29, 0.717) is 5.56 Å². The van der Waals surface area contributed by atoms with Crippen molar-refractivity contribution in [2.45, 2.75) is 12.5 Å². The molecule has 0 fully saturated rings. The van der Waals surface area contributed by atoms with E-state index in [4.69, 9.17) is 0 Å². The van der Waals surface area contributed by atoms with E-state index in [1.807, 2.05) is 31.3 Å².